The quantitative estimate of drug-likeness (QED) is 0.0368. The van der Waals surface area contributed by atoms with E-state index in [1.165, 1.54) is 10.5 Å². The first kappa shape index (κ1) is 42.1. The number of aromatic nitrogens is 1. The number of ether oxygens (including phenoxy) is 3. The molecule has 306 valence electrons. The second kappa shape index (κ2) is 20.8. The van der Waals surface area contributed by atoms with Crippen LogP contribution in [0, 0.1) is 17.8 Å². The highest BCUT2D eigenvalue weighted by molar-refractivity contribution is 8.00. The molecule has 1 aliphatic heterocycles. The van der Waals surface area contributed by atoms with Gasteiger partial charge in [-0.1, -0.05) is 60.5 Å². The van der Waals surface area contributed by atoms with Gasteiger partial charge in [0.15, 0.2) is 0 Å². The van der Waals surface area contributed by atoms with Crippen LogP contribution in [0.4, 0.5) is 0 Å². The number of hydrogen-bond donors (Lipinski definition) is 2. The van der Waals surface area contributed by atoms with Crippen molar-refractivity contribution in [3.8, 4) is 17.2 Å². The number of aliphatic hydroxyl groups is 2. The van der Waals surface area contributed by atoms with Gasteiger partial charge < -0.3 is 29.3 Å². The number of hydrogen-bond acceptors (Lipinski definition) is 10. The van der Waals surface area contributed by atoms with E-state index in [0.29, 0.717) is 19.6 Å². The summed E-state index contributed by atoms with van der Waals surface area (Å²) in [7, 11) is 0. The van der Waals surface area contributed by atoms with Crippen LogP contribution in [-0.2, 0) is 22.6 Å². The van der Waals surface area contributed by atoms with Crippen molar-refractivity contribution in [1.82, 2.24) is 4.98 Å². The summed E-state index contributed by atoms with van der Waals surface area (Å²) in [6, 6.07) is 28.7. The highest BCUT2D eigenvalue weighted by atomic mass is 32.2. The van der Waals surface area contributed by atoms with Gasteiger partial charge in [-0.2, -0.15) is 11.8 Å². The molecule has 2 aliphatic carbocycles. The summed E-state index contributed by atoms with van der Waals surface area (Å²) in [4.78, 5) is 11.6. The van der Waals surface area contributed by atoms with E-state index >= 15 is 0 Å². The summed E-state index contributed by atoms with van der Waals surface area (Å²) in [5.41, 5.74) is 5.43. The van der Waals surface area contributed by atoms with E-state index in [4.69, 9.17) is 24.2 Å². The van der Waals surface area contributed by atoms with Crippen molar-refractivity contribution in [3.63, 3.8) is 0 Å². The zero-order valence-electron chi connectivity index (χ0n) is 33.4. The zero-order chi connectivity index (χ0) is 40.2. The summed E-state index contributed by atoms with van der Waals surface area (Å²) in [5, 5.41) is 24.7. The molecule has 1 saturated carbocycles. The molecule has 3 aliphatic rings. The van der Waals surface area contributed by atoms with E-state index in [2.05, 4.69) is 72.4 Å². The number of rotatable bonds is 21. The third kappa shape index (κ3) is 9.86. The van der Waals surface area contributed by atoms with Crippen molar-refractivity contribution >= 4 is 29.2 Å². The molecule has 0 spiro atoms. The van der Waals surface area contributed by atoms with Gasteiger partial charge in [0.2, 0.25) is 5.79 Å². The number of oxime groups is 1. The summed E-state index contributed by atoms with van der Waals surface area (Å²) in [6.07, 6.45) is 16.6. The Morgan fingerprint density at radius 1 is 0.914 bits per heavy atom. The van der Waals surface area contributed by atoms with Crippen LogP contribution in [0.3, 0.4) is 0 Å². The van der Waals surface area contributed by atoms with Gasteiger partial charge in [-0.05, 0) is 127 Å². The molecule has 58 heavy (non-hydrogen) atoms. The first-order valence-corrected chi connectivity index (χ1v) is 22.9. The molecular weight excluding hydrogens is 765 g/mol. The molecule has 10 heteroatoms. The first-order chi connectivity index (χ1) is 28.6. The minimum Gasteiger partial charge on any atom is -0.460 e. The van der Waals surface area contributed by atoms with Crippen molar-refractivity contribution in [2.45, 2.75) is 79.8 Å². The number of allylic oxidation sites excluding steroid dienone is 1. The Balaban J connectivity index is 1.35. The van der Waals surface area contributed by atoms with Crippen LogP contribution in [0.2, 0.25) is 0 Å². The van der Waals surface area contributed by atoms with E-state index in [1.54, 1.807) is 11.8 Å². The number of pyridine rings is 1. The molecule has 1 fully saturated rings. The Kier molecular flexibility index (Phi) is 15.1. The largest absolute Gasteiger partial charge is 0.460 e. The molecule has 2 N–H and O–H groups in total. The van der Waals surface area contributed by atoms with Crippen LogP contribution < -0.4 is 9.47 Å². The number of fused-ring (bicyclic) bond motifs is 2. The highest BCUT2D eigenvalue weighted by Gasteiger charge is 2.64. The van der Waals surface area contributed by atoms with Crippen LogP contribution in [0.15, 0.2) is 132 Å². The third-order valence-electron chi connectivity index (χ3n) is 11.6. The molecule has 8 nitrogen and oxygen atoms in total. The lowest BCUT2D eigenvalue weighted by atomic mass is 9.56. The van der Waals surface area contributed by atoms with Crippen molar-refractivity contribution < 1.29 is 29.3 Å². The predicted octanol–water partition coefficient (Wildman–Crippen LogP) is 10.4. The van der Waals surface area contributed by atoms with Gasteiger partial charge in [-0.15, -0.1) is 18.3 Å². The summed E-state index contributed by atoms with van der Waals surface area (Å²) in [6.45, 7) is 5.09. The standard InChI is InChI=1S/C48H56N2O6S2/c1-3-28-53-48-45(58-29-23-34-21-24-49-25-22-34)32-43(50-54-33-35-11-5-4-6-12-35)41-30-36(13-7-9-26-51)40(14-8-10-27-52)46(47(41)48)42-31-38(17-20-44(42)56-48)55-37-15-18-39(57-2)19-16-37/h3-6,11-12,15-22,24-25,30-31,36,40,45-47,51-52H,1,7-10,13-14,23,26-29,32-33H2,2H3. The Hall–Kier alpha value is -4.06. The van der Waals surface area contributed by atoms with Crippen LogP contribution >= 0.6 is 23.5 Å². The molecule has 2 heterocycles. The maximum atomic E-state index is 9.96. The van der Waals surface area contributed by atoms with E-state index in [9.17, 15) is 10.2 Å². The molecule has 4 aromatic rings. The van der Waals surface area contributed by atoms with Gasteiger partial charge in [-0.3, -0.25) is 4.98 Å². The molecule has 6 unspecified atom stereocenters. The Morgan fingerprint density at radius 3 is 2.41 bits per heavy atom. The molecule has 0 amide bonds. The van der Waals surface area contributed by atoms with Crippen LogP contribution in [0.25, 0.3) is 0 Å². The van der Waals surface area contributed by atoms with Crippen molar-refractivity contribution in [3.05, 3.63) is 138 Å². The van der Waals surface area contributed by atoms with Gasteiger partial charge >= 0.3 is 0 Å². The van der Waals surface area contributed by atoms with Gasteiger partial charge in [0.1, 0.15) is 23.9 Å². The highest BCUT2D eigenvalue weighted by Crippen LogP contribution is 2.62. The second-order valence-electron chi connectivity index (χ2n) is 15.3. The lowest BCUT2D eigenvalue weighted by molar-refractivity contribution is -0.223. The molecule has 0 bridgehead atoms. The van der Waals surface area contributed by atoms with Crippen LogP contribution in [-0.4, -0.2) is 63.8 Å². The number of thioether (sulfide) groups is 2. The SMILES string of the molecule is C=CCOC12Oc3ccc(Oc4ccc(SC)cc4)cc3C3C(CCCCO)C(CCCCO)C=C(C(=NOCc4ccccc4)CC1SCCc1ccncc1)C32. The Labute approximate surface area is 352 Å². The molecule has 1 aromatic heterocycles. The third-order valence-corrected chi connectivity index (χ3v) is 13.7. The first-order valence-electron chi connectivity index (χ1n) is 20.6. The average molecular weight is 821 g/mol. The summed E-state index contributed by atoms with van der Waals surface area (Å²) < 4.78 is 21.0. The minimum atomic E-state index is -1.03. The Morgan fingerprint density at radius 2 is 1.67 bits per heavy atom. The van der Waals surface area contributed by atoms with Crippen molar-refractivity contribution in [2.75, 3.05) is 31.8 Å². The van der Waals surface area contributed by atoms with Gasteiger partial charge in [-0.25, -0.2) is 0 Å². The fourth-order valence-corrected chi connectivity index (χ4v) is 10.8. The number of unbranched alkanes of at least 4 members (excludes halogenated alkanes) is 2. The fourth-order valence-electron chi connectivity index (χ4n) is 8.95. The number of benzene rings is 3. The normalized spacial score (nSPS) is 23.9. The van der Waals surface area contributed by atoms with Crippen LogP contribution in [0.5, 0.6) is 17.2 Å². The summed E-state index contributed by atoms with van der Waals surface area (Å²) in [5.74, 6) is 2.33. The molecule has 6 atom stereocenters. The molecular formula is C48H56N2O6S2. The van der Waals surface area contributed by atoms with Gasteiger partial charge in [0, 0.05) is 48.4 Å². The van der Waals surface area contributed by atoms with E-state index in [-0.39, 0.29) is 42.1 Å². The lowest BCUT2D eigenvalue weighted by Gasteiger charge is -2.58. The van der Waals surface area contributed by atoms with Crippen LogP contribution in [0.1, 0.15) is 67.6 Å². The average Bonchev–Trinajstić information content (AvgIpc) is 3.26. The molecule has 3 aromatic carbocycles. The second-order valence-corrected chi connectivity index (χ2v) is 17.4. The monoisotopic (exact) mass is 820 g/mol. The van der Waals surface area contributed by atoms with Crippen molar-refractivity contribution in [2.24, 2.45) is 22.9 Å². The summed E-state index contributed by atoms with van der Waals surface area (Å²) >= 11 is 3.57. The van der Waals surface area contributed by atoms with E-state index in [1.807, 2.05) is 66.6 Å². The smallest absolute Gasteiger partial charge is 0.230 e. The fraction of sp³-hybridized carbons (Fsp3) is 0.417. The predicted molar refractivity (Wildman–Crippen MR) is 235 cm³/mol. The van der Waals surface area contributed by atoms with E-state index in [0.717, 1.165) is 90.4 Å². The topological polar surface area (TPSA) is 103 Å². The molecule has 0 saturated heterocycles. The van der Waals surface area contributed by atoms with Crippen molar-refractivity contribution in [1.29, 1.82) is 0 Å². The number of nitrogens with zero attached hydrogens (tertiary/aromatic N) is 2. The number of aryl methyl sites for hydroxylation is 1. The van der Waals surface area contributed by atoms with Gasteiger partial charge in [0.05, 0.1) is 23.5 Å². The zero-order valence-corrected chi connectivity index (χ0v) is 35.0. The maximum Gasteiger partial charge on any atom is 0.230 e. The number of aliphatic hydroxyl groups excluding tert-OH is 2. The maximum absolute atomic E-state index is 9.96. The Bertz CT molecular complexity index is 1980. The molecule has 7 rings (SSSR count). The minimum absolute atomic E-state index is 0.0169. The van der Waals surface area contributed by atoms with E-state index < -0.39 is 5.79 Å². The van der Waals surface area contributed by atoms with Gasteiger partial charge in [0.25, 0.3) is 0 Å². The molecule has 0 radical (unpaired) electrons. The lowest BCUT2D eigenvalue weighted by Crippen LogP contribution is -2.64.